The number of fused-ring (bicyclic) bond motifs is 1. The highest BCUT2D eigenvalue weighted by atomic mass is 14.9. The topological polar surface area (TPSA) is 12.0 Å². The third kappa shape index (κ3) is 3.04. The lowest BCUT2D eigenvalue weighted by Gasteiger charge is -2.30. The summed E-state index contributed by atoms with van der Waals surface area (Å²) in [5.74, 6) is 0.861. The molecule has 0 aromatic heterocycles. The average molecular weight is 267 g/mol. The van der Waals surface area contributed by atoms with Crippen LogP contribution >= 0.6 is 0 Å². The van der Waals surface area contributed by atoms with Crippen molar-refractivity contribution in [1.29, 1.82) is 0 Å². The predicted molar refractivity (Wildman–Crippen MR) is 87.1 cm³/mol. The van der Waals surface area contributed by atoms with Gasteiger partial charge in [-0.15, -0.1) is 0 Å². The van der Waals surface area contributed by atoms with Gasteiger partial charge < -0.3 is 5.32 Å². The Bertz CT molecular complexity index is 554. The Morgan fingerprint density at radius 1 is 1.00 bits per heavy atom. The number of nitrogens with one attached hydrogen (secondary N) is 1. The van der Waals surface area contributed by atoms with Crippen LogP contribution < -0.4 is 5.32 Å². The molecule has 0 radical (unpaired) electrons. The minimum Gasteiger partial charge on any atom is -0.316 e. The van der Waals surface area contributed by atoms with Crippen molar-refractivity contribution in [2.24, 2.45) is 5.92 Å². The largest absolute Gasteiger partial charge is 0.316 e. The molecule has 1 heteroatoms. The lowest BCUT2D eigenvalue weighted by molar-refractivity contribution is 0.277. The minimum atomic E-state index is 0.636. The van der Waals surface area contributed by atoms with Gasteiger partial charge in [0.1, 0.15) is 0 Å². The van der Waals surface area contributed by atoms with Crippen molar-refractivity contribution >= 4 is 10.8 Å². The van der Waals surface area contributed by atoms with Crippen molar-refractivity contribution in [3.05, 3.63) is 48.0 Å². The quantitative estimate of drug-likeness (QED) is 0.857. The molecule has 1 saturated carbocycles. The summed E-state index contributed by atoms with van der Waals surface area (Å²) in [6.45, 7) is 0. The molecule has 0 bridgehead atoms. The Kier molecular flexibility index (Phi) is 4.37. The van der Waals surface area contributed by atoms with Crippen molar-refractivity contribution in [1.82, 2.24) is 5.32 Å². The molecule has 0 saturated heterocycles. The molecule has 1 fully saturated rings. The zero-order valence-corrected chi connectivity index (χ0v) is 12.4. The normalized spacial score (nSPS) is 18.2. The predicted octanol–water partition coefficient (Wildman–Crippen LogP) is 4.55. The van der Waals surface area contributed by atoms with Gasteiger partial charge in [0, 0.05) is 6.04 Å². The van der Waals surface area contributed by atoms with Crippen molar-refractivity contribution in [2.45, 2.75) is 44.6 Å². The maximum atomic E-state index is 3.57. The Balaban J connectivity index is 1.76. The number of hydrogen-bond donors (Lipinski definition) is 1. The summed E-state index contributed by atoms with van der Waals surface area (Å²) in [5, 5.41) is 6.28. The van der Waals surface area contributed by atoms with E-state index < -0.39 is 0 Å². The van der Waals surface area contributed by atoms with E-state index in [1.807, 2.05) is 0 Å². The summed E-state index contributed by atoms with van der Waals surface area (Å²) in [5.41, 5.74) is 1.47. The molecule has 1 nitrogen and oxygen atoms in total. The van der Waals surface area contributed by atoms with Gasteiger partial charge in [-0.05, 0) is 48.6 Å². The van der Waals surface area contributed by atoms with E-state index >= 15 is 0 Å². The Morgan fingerprint density at radius 3 is 2.50 bits per heavy atom. The summed E-state index contributed by atoms with van der Waals surface area (Å²) in [7, 11) is 2.13. The van der Waals surface area contributed by atoms with Crippen molar-refractivity contribution in [3.8, 4) is 0 Å². The van der Waals surface area contributed by atoms with Crippen molar-refractivity contribution < 1.29 is 0 Å². The Labute approximate surface area is 122 Å². The number of benzene rings is 2. The van der Waals surface area contributed by atoms with E-state index in [0.29, 0.717) is 6.04 Å². The number of rotatable bonds is 4. The molecule has 0 spiro atoms. The molecular formula is C19H25N. The molecule has 0 heterocycles. The van der Waals surface area contributed by atoms with Gasteiger partial charge in [0.2, 0.25) is 0 Å². The molecule has 20 heavy (non-hydrogen) atoms. The van der Waals surface area contributed by atoms with Crippen LogP contribution in [0.2, 0.25) is 0 Å². The fourth-order valence-corrected chi connectivity index (χ4v) is 3.66. The summed E-state index contributed by atoms with van der Waals surface area (Å²) in [4.78, 5) is 0. The highest BCUT2D eigenvalue weighted by Crippen LogP contribution is 2.28. The minimum absolute atomic E-state index is 0.636. The van der Waals surface area contributed by atoms with Crippen LogP contribution in [0.5, 0.6) is 0 Å². The smallest absolute Gasteiger partial charge is 0.0133 e. The SMILES string of the molecule is CNC(Cc1ccc2ccccc2c1)C1CCCCC1. The standard InChI is InChI=1S/C19H25N/c1-20-19(17-8-3-2-4-9-17)14-15-11-12-16-7-5-6-10-18(16)13-15/h5-7,10-13,17,19-20H,2-4,8-9,14H2,1H3. The molecule has 1 unspecified atom stereocenters. The van der Waals surface area contributed by atoms with Crippen LogP contribution in [0.25, 0.3) is 10.8 Å². The molecule has 1 aliphatic rings. The van der Waals surface area contributed by atoms with Gasteiger partial charge in [-0.3, -0.25) is 0 Å². The molecule has 2 aromatic rings. The fourth-order valence-electron chi connectivity index (χ4n) is 3.66. The van der Waals surface area contributed by atoms with Gasteiger partial charge in [-0.25, -0.2) is 0 Å². The van der Waals surface area contributed by atoms with E-state index in [0.717, 1.165) is 12.3 Å². The molecule has 106 valence electrons. The maximum absolute atomic E-state index is 3.57. The lowest BCUT2D eigenvalue weighted by Crippen LogP contribution is -2.36. The zero-order chi connectivity index (χ0) is 13.8. The van der Waals surface area contributed by atoms with Crippen LogP contribution in [0.4, 0.5) is 0 Å². The molecular weight excluding hydrogens is 242 g/mol. The lowest BCUT2D eigenvalue weighted by atomic mass is 9.81. The third-order valence-electron chi connectivity index (χ3n) is 4.86. The van der Waals surface area contributed by atoms with E-state index in [9.17, 15) is 0 Å². The van der Waals surface area contributed by atoms with Crippen LogP contribution in [0.3, 0.4) is 0 Å². The molecule has 2 aromatic carbocycles. The first kappa shape index (κ1) is 13.6. The average Bonchev–Trinajstić information content (AvgIpc) is 2.53. The summed E-state index contributed by atoms with van der Waals surface area (Å²) in [6.07, 6.45) is 8.23. The van der Waals surface area contributed by atoms with Gasteiger partial charge in [-0.2, -0.15) is 0 Å². The Hall–Kier alpha value is -1.34. The molecule has 0 aliphatic heterocycles. The summed E-state index contributed by atoms with van der Waals surface area (Å²) >= 11 is 0. The van der Waals surface area contributed by atoms with E-state index in [-0.39, 0.29) is 0 Å². The summed E-state index contributed by atoms with van der Waals surface area (Å²) in [6, 6.07) is 16.2. The zero-order valence-electron chi connectivity index (χ0n) is 12.4. The summed E-state index contributed by atoms with van der Waals surface area (Å²) < 4.78 is 0. The van der Waals surface area contributed by atoms with Crippen molar-refractivity contribution in [2.75, 3.05) is 7.05 Å². The maximum Gasteiger partial charge on any atom is 0.0133 e. The first-order chi connectivity index (χ1) is 9.86. The van der Waals surface area contributed by atoms with Crippen LogP contribution in [0.15, 0.2) is 42.5 Å². The van der Waals surface area contributed by atoms with E-state index in [4.69, 9.17) is 0 Å². The van der Waals surface area contributed by atoms with Crippen LogP contribution in [0, 0.1) is 5.92 Å². The first-order valence-electron chi connectivity index (χ1n) is 8.02. The monoisotopic (exact) mass is 267 g/mol. The second kappa shape index (κ2) is 6.41. The molecule has 1 N–H and O–H groups in total. The molecule has 3 rings (SSSR count). The second-order valence-electron chi connectivity index (χ2n) is 6.18. The van der Waals surface area contributed by atoms with E-state index in [1.54, 1.807) is 0 Å². The highest BCUT2D eigenvalue weighted by Gasteiger charge is 2.22. The van der Waals surface area contributed by atoms with E-state index in [1.165, 1.54) is 48.4 Å². The van der Waals surface area contributed by atoms with Crippen LogP contribution in [-0.2, 0) is 6.42 Å². The van der Waals surface area contributed by atoms with E-state index in [2.05, 4.69) is 54.8 Å². The first-order valence-corrected chi connectivity index (χ1v) is 8.02. The number of hydrogen-bond acceptors (Lipinski definition) is 1. The molecule has 1 atom stereocenters. The second-order valence-corrected chi connectivity index (χ2v) is 6.18. The highest BCUT2D eigenvalue weighted by molar-refractivity contribution is 5.82. The fraction of sp³-hybridized carbons (Fsp3) is 0.474. The van der Waals surface area contributed by atoms with Gasteiger partial charge in [0.15, 0.2) is 0 Å². The molecule has 1 aliphatic carbocycles. The van der Waals surface area contributed by atoms with Gasteiger partial charge in [-0.1, -0.05) is 61.7 Å². The molecule has 0 amide bonds. The van der Waals surface area contributed by atoms with Gasteiger partial charge >= 0.3 is 0 Å². The van der Waals surface area contributed by atoms with Gasteiger partial charge in [0.05, 0.1) is 0 Å². The third-order valence-corrected chi connectivity index (χ3v) is 4.86. The number of likely N-dealkylation sites (N-methyl/N-ethyl adjacent to an activating group) is 1. The van der Waals surface area contributed by atoms with Crippen LogP contribution in [0.1, 0.15) is 37.7 Å². The Morgan fingerprint density at radius 2 is 1.75 bits per heavy atom. The van der Waals surface area contributed by atoms with Crippen LogP contribution in [-0.4, -0.2) is 13.1 Å². The van der Waals surface area contributed by atoms with Gasteiger partial charge in [0.25, 0.3) is 0 Å². The van der Waals surface area contributed by atoms with Crippen molar-refractivity contribution in [3.63, 3.8) is 0 Å².